The predicted molar refractivity (Wildman–Crippen MR) is 119 cm³/mol. The van der Waals surface area contributed by atoms with Gasteiger partial charge in [-0.1, -0.05) is 54.1 Å². The fourth-order valence-electron chi connectivity index (χ4n) is 3.15. The first kappa shape index (κ1) is 19.0. The molecule has 0 saturated carbocycles. The van der Waals surface area contributed by atoms with E-state index in [1.807, 2.05) is 54.6 Å². The summed E-state index contributed by atoms with van der Waals surface area (Å²) in [7, 11) is 1.59. The molecule has 4 rings (SSSR count). The fourth-order valence-corrected chi connectivity index (χ4v) is 3.40. The molecule has 0 aliphatic carbocycles. The lowest BCUT2D eigenvalue weighted by atomic mass is 10.1. The van der Waals surface area contributed by atoms with Crippen molar-refractivity contribution in [1.29, 1.82) is 0 Å². The second-order valence-electron chi connectivity index (χ2n) is 6.66. The van der Waals surface area contributed by atoms with E-state index in [4.69, 9.17) is 21.3 Å². The minimum Gasteiger partial charge on any atom is -0.495 e. The zero-order valence-electron chi connectivity index (χ0n) is 16.2. The van der Waals surface area contributed by atoms with E-state index in [0.29, 0.717) is 16.7 Å². The average molecular weight is 405 g/mol. The van der Waals surface area contributed by atoms with Gasteiger partial charge in [-0.3, -0.25) is 0 Å². The van der Waals surface area contributed by atoms with Gasteiger partial charge in [-0.15, -0.1) is 0 Å². The van der Waals surface area contributed by atoms with E-state index in [1.54, 1.807) is 13.2 Å². The molecule has 0 bridgehead atoms. The lowest BCUT2D eigenvalue weighted by molar-refractivity contribution is 0.415. The fraction of sp³-hybridized carbons (Fsp3) is 0.130. The summed E-state index contributed by atoms with van der Waals surface area (Å²) < 4.78 is 5.21. The van der Waals surface area contributed by atoms with Crippen molar-refractivity contribution >= 4 is 40.0 Å². The van der Waals surface area contributed by atoms with Gasteiger partial charge in [0.15, 0.2) is 0 Å². The Balaban J connectivity index is 1.68. The van der Waals surface area contributed by atoms with Crippen LogP contribution in [0.5, 0.6) is 5.75 Å². The molecule has 0 amide bonds. The highest BCUT2D eigenvalue weighted by Crippen LogP contribution is 2.30. The number of ether oxygens (including phenoxy) is 1. The van der Waals surface area contributed by atoms with Crippen LogP contribution >= 0.6 is 11.6 Å². The maximum Gasteiger partial charge on any atom is 0.229 e. The predicted octanol–water partition coefficient (Wildman–Crippen LogP) is 6.21. The summed E-state index contributed by atoms with van der Waals surface area (Å²) in [5, 5.41) is 8.25. The summed E-state index contributed by atoms with van der Waals surface area (Å²) in [4.78, 5) is 9.37. The molecule has 146 valence electrons. The highest BCUT2D eigenvalue weighted by atomic mass is 35.5. The summed E-state index contributed by atoms with van der Waals surface area (Å²) in [6.07, 6.45) is 0. The summed E-state index contributed by atoms with van der Waals surface area (Å²) in [5.41, 5.74) is 2.83. The van der Waals surface area contributed by atoms with Crippen molar-refractivity contribution in [2.24, 2.45) is 0 Å². The van der Waals surface area contributed by atoms with Crippen LogP contribution in [0.4, 0.5) is 17.5 Å². The Morgan fingerprint density at radius 2 is 1.69 bits per heavy atom. The number of fused-ring (bicyclic) bond motifs is 1. The molecule has 2 N–H and O–H groups in total. The highest BCUT2D eigenvalue weighted by molar-refractivity contribution is 6.32. The molecule has 6 heteroatoms. The lowest BCUT2D eigenvalue weighted by Crippen LogP contribution is -2.10. The maximum absolute atomic E-state index is 6.24. The molecule has 0 aliphatic heterocycles. The van der Waals surface area contributed by atoms with E-state index in [1.165, 1.54) is 5.56 Å². The van der Waals surface area contributed by atoms with Crippen LogP contribution in [0.15, 0.2) is 72.8 Å². The van der Waals surface area contributed by atoms with Crippen molar-refractivity contribution in [2.45, 2.75) is 13.0 Å². The zero-order valence-corrected chi connectivity index (χ0v) is 16.9. The van der Waals surface area contributed by atoms with Gasteiger partial charge in [0.25, 0.3) is 0 Å². The molecule has 4 aromatic rings. The Kier molecular flexibility index (Phi) is 5.49. The Hall–Kier alpha value is -3.31. The number of para-hydroxylation sites is 1. The first-order valence-electron chi connectivity index (χ1n) is 9.33. The van der Waals surface area contributed by atoms with Crippen LogP contribution in [0.3, 0.4) is 0 Å². The van der Waals surface area contributed by atoms with Gasteiger partial charge in [0, 0.05) is 17.1 Å². The molecular formula is C23H21ClN4O. The molecule has 1 heterocycles. The number of nitrogens with one attached hydrogen (secondary N) is 2. The van der Waals surface area contributed by atoms with Gasteiger partial charge >= 0.3 is 0 Å². The van der Waals surface area contributed by atoms with Gasteiger partial charge in [0.1, 0.15) is 11.6 Å². The topological polar surface area (TPSA) is 59.1 Å². The Bertz CT molecular complexity index is 1130. The molecule has 0 saturated heterocycles. The quantitative estimate of drug-likeness (QED) is 0.400. The first-order chi connectivity index (χ1) is 14.1. The number of rotatable bonds is 6. The van der Waals surface area contributed by atoms with Crippen molar-refractivity contribution in [3.05, 3.63) is 83.4 Å². The molecule has 1 atom stereocenters. The third-order valence-corrected chi connectivity index (χ3v) is 4.96. The Labute approximate surface area is 174 Å². The largest absolute Gasteiger partial charge is 0.495 e. The van der Waals surface area contributed by atoms with Crippen LogP contribution in [0, 0.1) is 0 Å². The smallest absolute Gasteiger partial charge is 0.229 e. The van der Waals surface area contributed by atoms with Gasteiger partial charge < -0.3 is 15.4 Å². The van der Waals surface area contributed by atoms with Crippen molar-refractivity contribution in [1.82, 2.24) is 9.97 Å². The molecule has 5 nitrogen and oxygen atoms in total. The van der Waals surface area contributed by atoms with Crippen LogP contribution in [-0.4, -0.2) is 17.1 Å². The number of halogens is 1. The molecule has 0 aliphatic rings. The standard InChI is InChI=1S/C23H21ClN4O/c1-15(16-8-4-3-5-9-16)25-22-18-10-6-7-11-20(18)27-23(28-22)26-17-12-13-21(29-2)19(24)14-17/h3-15H,1-2H3,(H2,25,26,27,28). The molecule has 0 spiro atoms. The van der Waals surface area contributed by atoms with Gasteiger partial charge in [0.05, 0.1) is 17.6 Å². The van der Waals surface area contributed by atoms with E-state index >= 15 is 0 Å². The van der Waals surface area contributed by atoms with E-state index < -0.39 is 0 Å². The van der Waals surface area contributed by atoms with Crippen molar-refractivity contribution in [3.63, 3.8) is 0 Å². The van der Waals surface area contributed by atoms with E-state index in [2.05, 4.69) is 34.7 Å². The summed E-state index contributed by atoms with van der Waals surface area (Å²) in [6, 6.07) is 23.8. The number of hydrogen-bond donors (Lipinski definition) is 2. The molecular weight excluding hydrogens is 384 g/mol. The maximum atomic E-state index is 6.24. The molecule has 29 heavy (non-hydrogen) atoms. The molecule has 3 aromatic carbocycles. The summed E-state index contributed by atoms with van der Waals surface area (Å²) in [6.45, 7) is 2.11. The monoisotopic (exact) mass is 404 g/mol. The Morgan fingerprint density at radius 3 is 2.45 bits per heavy atom. The van der Waals surface area contributed by atoms with Gasteiger partial charge in [0.2, 0.25) is 5.95 Å². The van der Waals surface area contributed by atoms with E-state index in [0.717, 1.165) is 22.4 Å². The number of hydrogen-bond acceptors (Lipinski definition) is 5. The van der Waals surface area contributed by atoms with E-state index in [-0.39, 0.29) is 6.04 Å². The molecule has 1 aromatic heterocycles. The number of methoxy groups -OCH3 is 1. The molecule has 0 fully saturated rings. The molecule has 0 radical (unpaired) electrons. The summed E-state index contributed by atoms with van der Waals surface area (Å²) in [5.74, 6) is 1.89. The SMILES string of the molecule is COc1ccc(Nc2nc(NC(C)c3ccccc3)c3ccccc3n2)cc1Cl. The van der Waals surface area contributed by atoms with Crippen LogP contribution < -0.4 is 15.4 Å². The third kappa shape index (κ3) is 4.25. The van der Waals surface area contributed by atoms with Crippen molar-refractivity contribution in [2.75, 3.05) is 17.7 Å². The third-order valence-electron chi connectivity index (χ3n) is 4.66. The normalized spacial score (nSPS) is 11.8. The summed E-state index contributed by atoms with van der Waals surface area (Å²) >= 11 is 6.24. The zero-order chi connectivity index (χ0) is 20.2. The van der Waals surface area contributed by atoms with Gasteiger partial charge in [-0.05, 0) is 42.8 Å². The minimum atomic E-state index is 0.0952. The van der Waals surface area contributed by atoms with Gasteiger partial charge in [-0.2, -0.15) is 4.98 Å². The first-order valence-corrected chi connectivity index (χ1v) is 9.70. The van der Waals surface area contributed by atoms with Crippen molar-refractivity contribution in [3.8, 4) is 5.75 Å². The number of aromatic nitrogens is 2. The second kappa shape index (κ2) is 8.37. The van der Waals surface area contributed by atoms with Crippen LogP contribution in [0.1, 0.15) is 18.5 Å². The van der Waals surface area contributed by atoms with Crippen LogP contribution in [-0.2, 0) is 0 Å². The van der Waals surface area contributed by atoms with Crippen molar-refractivity contribution < 1.29 is 4.74 Å². The second-order valence-corrected chi connectivity index (χ2v) is 7.07. The lowest BCUT2D eigenvalue weighted by Gasteiger charge is -2.17. The number of anilines is 3. The number of nitrogens with zero attached hydrogens (tertiary/aromatic N) is 2. The highest BCUT2D eigenvalue weighted by Gasteiger charge is 2.12. The van der Waals surface area contributed by atoms with Gasteiger partial charge in [-0.25, -0.2) is 4.98 Å². The minimum absolute atomic E-state index is 0.0952. The van der Waals surface area contributed by atoms with E-state index in [9.17, 15) is 0 Å². The Morgan fingerprint density at radius 1 is 0.931 bits per heavy atom. The number of benzene rings is 3. The van der Waals surface area contributed by atoms with Crippen LogP contribution in [0.2, 0.25) is 5.02 Å². The molecule has 1 unspecified atom stereocenters. The van der Waals surface area contributed by atoms with Crippen LogP contribution in [0.25, 0.3) is 10.9 Å². The average Bonchev–Trinajstić information content (AvgIpc) is 2.74.